The van der Waals surface area contributed by atoms with Crippen LogP contribution in [-0.4, -0.2) is 106 Å². The van der Waals surface area contributed by atoms with Crippen LogP contribution in [0.3, 0.4) is 0 Å². The van der Waals surface area contributed by atoms with Crippen molar-refractivity contribution in [3.05, 3.63) is 35.9 Å². The fourth-order valence-electron chi connectivity index (χ4n) is 6.60. The summed E-state index contributed by atoms with van der Waals surface area (Å²) in [5.74, 6) is -3.66. The number of likely N-dealkylation sites (N-methyl/N-ethyl adjacent to an activating group) is 1. The van der Waals surface area contributed by atoms with Crippen LogP contribution in [0.4, 0.5) is 0 Å². The maximum Gasteiger partial charge on any atom is 0.305 e. The van der Waals surface area contributed by atoms with E-state index >= 15 is 0 Å². The van der Waals surface area contributed by atoms with Gasteiger partial charge in [0.15, 0.2) is 0 Å². The van der Waals surface area contributed by atoms with E-state index in [2.05, 4.69) is 21.3 Å². The van der Waals surface area contributed by atoms with Crippen molar-refractivity contribution in [2.45, 2.75) is 130 Å². The molecule has 1 aliphatic rings. The summed E-state index contributed by atoms with van der Waals surface area (Å²) in [6, 6.07) is 5.10. The lowest BCUT2D eigenvalue weighted by atomic mass is 9.95. The molecule has 1 aromatic rings. The zero-order valence-electron chi connectivity index (χ0n) is 32.8. The average molecular weight is 759 g/mol. The lowest BCUT2D eigenvalue weighted by molar-refractivity contribution is -0.142. The Bertz CT molecular complexity index is 1400. The van der Waals surface area contributed by atoms with Crippen molar-refractivity contribution in [3.63, 3.8) is 0 Å². The number of aryl methyl sites for hydroxylation is 1. The number of benzene rings is 1. The molecule has 2 rings (SSSR count). The Morgan fingerprint density at radius 1 is 0.830 bits per heavy atom. The monoisotopic (exact) mass is 758 g/mol. The van der Waals surface area contributed by atoms with Gasteiger partial charge in [-0.05, 0) is 55.9 Å². The molecule has 0 spiro atoms. The number of rotatable bonds is 21. The molecule has 5 amide bonds. The van der Waals surface area contributed by atoms with Crippen LogP contribution in [0.1, 0.15) is 99.0 Å². The molecule has 5 N–H and O–H groups in total. The van der Waals surface area contributed by atoms with Crippen molar-refractivity contribution in [3.8, 4) is 0 Å². The highest BCUT2D eigenvalue weighted by atomic mass is 32.1. The van der Waals surface area contributed by atoms with Gasteiger partial charge in [-0.25, -0.2) is 0 Å². The van der Waals surface area contributed by atoms with E-state index in [4.69, 9.17) is 12.2 Å². The molecule has 14 heteroatoms. The number of hydrogen-bond acceptors (Lipinski definition) is 7. The Morgan fingerprint density at radius 2 is 1.45 bits per heavy atom. The second-order valence-electron chi connectivity index (χ2n) is 15.1. The molecule has 6 atom stereocenters. The largest absolute Gasteiger partial charge is 0.481 e. The molecule has 1 saturated heterocycles. The van der Waals surface area contributed by atoms with Crippen molar-refractivity contribution in [2.24, 2.45) is 17.8 Å². The van der Waals surface area contributed by atoms with Crippen LogP contribution in [0, 0.1) is 17.8 Å². The standard InChI is InChI=1S/C39H62N6O7S/c1-9-26(6)34(43-38(52)35(25(4)5)44(8)31(46)18-17-28-15-11-10-12-16-28)37(51)41-30(22-32(47)45-19-13-14-20-45)39(53)42-29(23-33(48)49)36(50)40-27(7)21-24(2)3/h10-12,15-16,24-27,29-30,34-35H,9,13-14,17-23H2,1-8H3,(H,40,50)(H,41,51)(H,42,53)(H,43,52)(H,48,49)/t26?,27?,29-,30-,34-,35-/m0/s1. The minimum atomic E-state index is -1.26. The minimum Gasteiger partial charge on any atom is -0.481 e. The van der Waals surface area contributed by atoms with Gasteiger partial charge in [0.25, 0.3) is 0 Å². The number of hydrogen-bond donors (Lipinski definition) is 5. The van der Waals surface area contributed by atoms with Gasteiger partial charge in [-0.1, -0.05) is 90.5 Å². The number of carbonyl (C=O) groups excluding carboxylic acids is 5. The normalized spacial score (nSPS) is 16.2. The maximum atomic E-state index is 14.1. The van der Waals surface area contributed by atoms with Crippen LogP contribution in [-0.2, 0) is 35.2 Å². The first kappa shape index (κ1) is 45.1. The van der Waals surface area contributed by atoms with E-state index in [1.165, 1.54) is 4.90 Å². The Balaban J connectivity index is 2.31. The van der Waals surface area contributed by atoms with Gasteiger partial charge >= 0.3 is 5.97 Å². The summed E-state index contributed by atoms with van der Waals surface area (Å²) in [4.78, 5) is 82.7. The summed E-state index contributed by atoms with van der Waals surface area (Å²) in [6.07, 6.45) is 2.82. The smallest absolute Gasteiger partial charge is 0.305 e. The zero-order valence-corrected chi connectivity index (χ0v) is 33.6. The second kappa shape index (κ2) is 22.2. The van der Waals surface area contributed by atoms with Gasteiger partial charge in [-0.15, -0.1) is 0 Å². The number of nitrogens with one attached hydrogen (secondary N) is 4. The van der Waals surface area contributed by atoms with E-state index in [0.717, 1.165) is 18.4 Å². The molecule has 2 unspecified atom stereocenters. The van der Waals surface area contributed by atoms with Crippen LogP contribution < -0.4 is 21.3 Å². The molecule has 0 bridgehead atoms. The fourth-order valence-corrected chi connectivity index (χ4v) is 6.89. The lowest BCUT2D eigenvalue weighted by Crippen LogP contribution is -2.60. The van der Waals surface area contributed by atoms with Gasteiger partial charge in [0, 0.05) is 32.6 Å². The third kappa shape index (κ3) is 15.1. The molecule has 0 aliphatic carbocycles. The number of amides is 5. The van der Waals surface area contributed by atoms with Crippen LogP contribution in [0.15, 0.2) is 30.3 Å². The molecule has 0 aromatic heterocycles. The Hall–Kier alpha value is -4.07. The van der Waals surface area contributed by atoms with E-state index < -0.39 is 54.3 Å². The number of aliphatic carboxylic acids is 1. The van der Waals surface area contributed by atoms with Gasteiger partial charge in [0.05, 0.1) is 23.9 Å². The van der Waals surface area contributed by atoms with Crippen LogP contribution in [0.5, 0.6) is 0 Å². The molecule has 1 fully saturated rings. The molecule has 0 radical (unpaired) electrons. The van der Waals surface area contributed by atoms with Crippen molar-refractivity contribution in [1.82, 2.24) is 31.1 Å². The van der Waals surface area contributed by atoms with E-state index in [0.29, 0.717) is 38.3 Å². The van der Waals surface area contributed by atoms with Gasteiger partial charge in [0.1, 0.15) is 18.1 Å². The highest BCUT2D eigenvalue weighted by molar-refractivity contribution is 7.80. The van der Waals surface area contributed by atoms with Crippen molar-refractivity contribution in [2.75, 3.05) is 20.1 Å². The predicted octanol–water partition coefficient (Wildman–Crippen LogP) is 3.44. The van der Waals surface area contributed by atoms with Gasteiger partial charge in [-0.2, -0.15) is 0 Å². The van der Waals surface area contributed by atoms with Gasteiger partial charge < -0.3 is 36.2 Å². The summed E-state index contributed by atoms with van der Waals surface area (Å²) in [6.45, 7) is 14.4. The molecule has 296 valence electrons. The summed E-state index contributed by atoms with van der Waals surface area (Å²) >= 11 is 5.69. The maximum absolute atomic E-state index is 14.1. The third-order valence-electron chi connectivity index (χ3n) is 9.67. The molecule has 0 saturated carbocycles. The van der Waals surface area contributed by atoms with E-state index in [-0.39, 0.29) is 47.5 Å². The SMILES string of the molecule is CCC(C)[C@H](NC(=O)[C@H](C(C)C)N(C)C(=O)CCc1ccccc1)C(=O)N[C@@H](CC(=O)N1CCCC1)C(=S)N[C@@H](CC(=O)O)C(=O)NC(C)CC(C)C. The van der Waals surface area contributed by atoms with Crippen LogP contribution in [0.2, 0.25) is 0 Å². The average Bonchev–Trinajstić information content (AvgIpc) is 3.64. The molecule has 53 heavy (non-hydrogen) atoms. The van der Waals surface area contributed by atoms with E-state index in [1.54, 1.807) is 11.9 Å². The summed E-state index contributed by atoms with van der Waals surface area (Å²) < 4.78 is 0. The van der Waals surface area contributed by atoms with Crippen molar-refractivity contribution < 1.29 is 33.9 Å². The topological polar surface area (TPSA) is 177 Å². The molecule has 1 aromatic carbocycles. The molecular weight excluding hydrogens is 697 g/mol. The van der Waals surface area contributed by atoms with Crippen LogP contribution in [0.25, 0.3) is 0 Å². The highest BCUT2D eigenvalue weighted by Crippen LogP contribution is 2.17. The minimum absolute atomic E-state index is 0.0677. The number of thiocarbonyl (C=S) groups is 1. The molecule has 13 nitrogen and oxygen atoms in total. The number of carboxylic acid groups (broad SMARTS) is 1. The molecule has 1 aliphatic heterocycles. The summed E-state index contributed by atoms with van der Waals surface area (Å²) in [5.41, 5.74) is 1.01. The fraction of sp³-hybridized carbons (Fsp3) is 0.667. The van der Waals surface area contributed by atoms with Gasteiger partial charge in [0.2, 0.25) is 29.5 Å². The van der Waals surface area contributed by atoms with E-state index in [1.807, 2.05) is 78.8 Å². The highest BCUT2D eigenvalue weighted by Gasteiger charge is 2.36. The lowest BCUT2D eigenvalue weighted by Gasteiger charge is -2.33. The number of carbonyl (C=O) groups is 6. The van der Waals surface area contributed by atoms with Crippen molar-refractivity contribution >= 4 is 52.7 Å². The first-order chi connectivity index (χ1) is 24.9. The first-order valence-corrected chi connectivity index (χ1v) is 19.4. The first-order valence-electron chi connectivity index (χ1n) is 19.0. The van der Waals surface area contributed by atoms with Crippen molar-refractivity contribution in [1.29, 1.82) is 0 Å². The Morgan fingerprint density at radius 3 is 2.00 bits per heavy atom. The number of carboxylic acids is 1. The Kier molecular flexibility index (Phi) is 18.9. The molecular formula is C39H62N6O7S. The predicted molar refractivity (Wildman–Crippen MR) is 209 cm³/mol. The van der Waals surface area contributed by atoms with E-state index in [9.17, 15) is 33.9 Å². The third-order valence-corrected chi connectivity index (χ3v) is 10.1. The summed E-state index contributed by atoms with van der Waals surface area (Å²) in [5, 5.41) is 21.0. The van der Waals surface area contributed by atoms with Gasteiger partial charge in [-0.3, -0.25) is 28.8 Å². The second-order valence-corrected chi connectivity index (χ2v) is 15.5. The van der Waals surface area contributed by atoms with Crippen LogP contribution >= 0.6 is 12.2 Å². The Labute approximate surface area is 320 Å². The summed E-state index contributed by atoms with van der Waals surface area (Å²) in [7, 11) is 1.59. The quantitative estimate of drug-likeness (QED) is 0.118. The number of nitrogens with zero attached hydrogens (tertiary/aromatic N) is 2. The number of likely N-dealkylation sites (tertiary alicyclic amines) is 1. The zero-order chi connectivity index (χ0) is 39.8. The molecule has 1 heterocycles.